The number of hydrogen-bond donors (Lipinski definition) is 2. The lowest BCUT2D eigenvalue weighted by Crippen LogP contribution is -2.56. The molecule has 2 N–H and O–H groups in total. The Morgan fingerprint density at radius 1 is 1.67 bits per heavy atom. The van der Waals surface area contributed by atoms with Crippen LogP contribution in [0.5, 0.6) is 0 Å². The minimum absolute atomic E-state index is 0.110. The Morgan fingerprint density at radius 2 is 2.50 bits per heavy atom. The van der Waals surface area contributed by atoms with Gasteiger partial charge < -0.3 is 10.4 Å². The van der Waals surface area contributed by atoms with E-state index in [-0.39, 0.29) is 12.3 Å². The number of aliphatic hydroxyl groups is 1. The van der Waals surface area contributed by atoms with Crippen LogP contribution in [0.25, 0.3) is 0 Å². The Kier molecular flexibility index (Phi) is 2.96. The second kappa shape index (κ2) is 4.36. The van der Waals surface area contributed by atoms with Gasteiger partial charge in [-0.15, -0.1) is 11.8 Å². The molecule has 1 fully saturated rings. The van der Waals surface area contributed by atoms with Gasteiger partial charge in [0.15, 0.2) is 0 Å². The second-order valence-electron chi connectivity index (χ2n) is 5.06. The SMILES string of the molecule is Cc1ncc2c(n1)N[C@]1(C)[C@H](CCO)SCN1C2. The molecule has 1 saturated heterocycles. The van der Waals surface area contributed by atoms with Gasteiger partial charge in [-0.05, 0) is 20.3 Å². The first kappa shape index (κ1) is 12.2. The molecule has 0 bridgehead atoms. The van der Waals surface area contributed by atoms with E-state index in [9.17, 15) is 5.11 Å². The van der Waals surface area contributed by atoms with Crippen LogP contribution in [0.2, 0.25) is 0 Å². The molecule has 18 heavy (non-hydrogen) atoms. The number of hydrogen-bond acceptors (Lipinski definition) is 6. The van der Waals surface area contributed by atoms with Crippen molar-refractivity contribution < 1.29 is 5.11 Å². The maximum absolute atomic E-state index is 9.19. The fourth-order valence-corrected chi connectivity index (χ4v) is 4.22. The lowest BCUT2D eigenvalue weighted by Gasteiger charge is -2.43. The number of rotatable bonds is 2. The van der Waals surface area contributed by atoms with Gasteiger partial charge in [-0.2, -0.15) is 0 Å². The Morgan fingerprint density at radius 3 is 3.28 bits per heavy atom. The molecule has 0 aromatic carbocycles. The van der Waals surface area contributed by atoms with Crippen LogP contribution < -0.4 is 5.32 Å². The zero-order valence-electron chi connectivity index (χ0n) is 10.7. The number of aryl methyl sites for hydroxylation is 1. The zero-order chi connectivity index (χ0) is 12.8. The van der Waals surface area contributed by atoms with Gasteiger partial charge >= 0.3 is 0 Å². The van der Waals surface area contributed by atoms with Gasteiger partial charge in [0.2, 0.25) is 0 Å². The fourth-order valence-electron chi connectivity index (χ4n) is 2.70. The standard InChI is InChI=1S/C12H18N4OS/c1-8-13-5-9-6-16-7-18-10(3-4-17)12(16,2)15-11(9)14-8/h5,10,17H,3-4,6-7H2,1-2H3,(H,13,14,15)/t10-,12-/m0/s1. The first-order chi connectivity index (χ1) is 8.63. The molecule has 6 heteroatoms. The molecule has 1 aromatic rings. The molecule has 0 spiro atoms. The van der Waals surface area contributed by atoms with Crippen molar-refractivity contribution in [3.05, 3.63) is 17.6 Å². The lowest BCUT2D eigenvalue weighted by atomic mass is 10.00. The van der Waals surface area contributed by atoms with Crippen molar-refractivity contribution in [1.82, 2.24) is 14.9 Å². The third-order valence-corrected chi connectivity index (χ3v) is 5.38. The highest BCUT2D eigenvalue weighted by Crippen LogP contribution is 2.44. The maximum atomic E-state index is 9.19. The van der Waals surface area contributed by atoms with Crippen LogP contribution in [-0.4, -0.2) is 43.4 Å². The van der Waals surface area contributed by atoms with Crippen LogP contribution in [0.15, 0.2) is 6.20 Å². The third kappa shape index (κ3) is 1.79. The smallest absolute Gasteiger partial charge is 0.135 e. The van der Waals surface area contributed by atoms with E-state index >= 15 is 0 Å². The molecule has 0 amide bonds. The number of nitrogens with zero attached hydrogens (tertiary/aromatic N) is 3. The van der Waals surface area contributed by atoms with E-state index in [1.807, 2.05) is 24.9 Å². The van der Waals surface area contributed by atoms with Crippen molar-refractivity contribution in [3.8, 4) is 0 Å². The van der Waals surface area contributed by atoms with E-state index in [0.717, 1.165) is 36.0 Å². The van der Waals surface area contributed by atoms with E-state index in [4.69, 9.17) is 0 Å². The summed E-state index contributed by atoms with van der Waals surface area (Å²) < 4.78 is 0. The van der Waals surface area contributed by atoms with Crippen LogP contribution in [-0.2, 0) is 6.54 Å². The van der Waals surface area contributed by atoms with Gasteiger partial charge in [0, 0.05) is 36.0 Å². The maximum Gasteiger partial charge on any atom is 0.135 e. The van der Waals surface area contributed by atoms with Gasteiger partial charge in [0.05, 0.1) is 0 Å². The van der Waals surface area contributed by atoms with E-state index in [2.05, 4.69) is 27.1 Å². The lowest BCUT2D eigenvalue weighted by molar-refractivity contribution is 0.140. The quantitative estimate of drug-likeness (QED) is 0.838. The molecule has 0 aliphatic carbocycles. The van der Waals surface area contributed by atoms with Crippen molar-refractivity contribution in [2.45, 2.75) is 37.7 Å². The van der Waals surface area contributed by atoms with Gasteiger partial charge in [-0.25, -0.2) is 9.97 Å². The zero-order valence-corrected chi connectivity index (χ0v) is 11.5. The van der Waals surface area contributed by atoms with Crippen molar-refractivity contribution in [1.29, 1.82) is 0 Å². The van der Waals surface area contributed by atoms with Crippen molar-refractivity contribution in [3.63, 3.8) is 0 Å². The Labute approximate surface area is 111 Å². The van der Waals surface area contributed by atoms with Crippen LogP contribution in [0.1, 0.15) is 24.7 Å². The summed E-state index contributed by atoms with van der Waals surface area (Å²) >= 11 is 1.90. The number of aliphatic hydroxyl groups excluding tert-OH is 1. The summed E-state index contributed by atoms with van der Waals surface area (Å²) in [5.74, 6) is 2.73. The molecule has 2 atom stereocenters. The highest BCUT2D eigenvalue weighted by Gasteiger charge is 2.48. The number of nitrogens with one attached hydrogen (secondary N) is 1. The van der Waals surface area contributed by atoms with E-state index in [1.54, 1.807) is 0 Å². The number of fused-ring (bicyclic) bond motifs is 2. The molecule has 5 nitrogen and oxygen atoms in total. The average molecular weight is 266 g/mol. The summed E-state index contributed by atoms with van der Waals surface area (Å²) in [6.45, 7) is 5.23. The largest absolute Gasteiger partial charge is 0.396 e. The Bertz CT molecular complexity index is 469. The van der Waals surface area contributed by atoms with E-state index in [0.29, 0.717) is 5.25 Å². The molecule has 98 valence electrons. The first-order valence-corrected chi connectivity index (χ1v) is 7.26. The molecule has 3 heterocycles. The number of anilines is 1. The van der Waals surface area contributed by atoms with Crippen LogP contribution >= 0.6 is 11.8 Å². The fraction of sp³-hybridized carbons (Fsp3) is 0.667. The minimum Gasteiger partial charge on any atom is -0.396 e. The summed E-state index contributed by atoms with van der Waals surface area (Å²) in [7, 11) is 0. The van der Waals surface area contributed by atoms with Crippen LogP contribution in [0, 0.1) is 6.92 Å². The average Bonchev–Trinajstić information content (AvgIpc) is 2.64. The molecular formula is C12H18N4OS. The topological polar surface area (TPSA) is 61.3 Å². The third-order valence-electron chi connectivity index (χ3n) is 3.82. The monoisotopic (exact) mass is 266 g/mol. The molecule has 2 aliphatic rings. The van der Waals surface area contributed by atoms with Gasteiger partial charge in [0.25, 0.3) is 0 Å². The normalized spacial score (nSPS) is 30.7. The van der Waals surface area contributed by atoms with E-state index < -0.39 is 0 Å². The van der Waals surface area contributed by atoms with Crippen molar-refractivity contribution >= 4 is 17.6 Å². The Hall–Kier alpha value is -0.850. The summed E-state index contributed by atoms with van der Waals surface area (Å²) in [5.41, 5.74) is 1.05. The minimum atomic E-state index is -0.110. The molecule has 1 aromatic heterocycles. The number of aromatic nitrogens is 2. The summed E-state index contributed by atoms with van der Waals surface area (Å²) in [6, 6.07) is 0. The highest BCUT2D eigenvalue weighted by molar-refractivity contribution is 8.00. The summed E-state index contributed by atoms with van der Waals surface area (Å²) in [4.78, 5) is 11.2. The van der Waals surface area contributed by atoms with Crippen LogP contribution in [0.4, 0.5) is 5.82 Å². The van der Waals surface area contributed by atoms with Crippen LogP contribution in [0.3, 0.4) is 0 Å². The predicted octanol–water partition coefficient (Wildman–Crippen LogP) is 1.18. The van der Waals surface area contributed by atoms with Gasteiger partial charge in [-0.3, -0.25) is 4.90 Å². The summed E-state index contributed by atoms with van der Waals surface area (Å²) in [6.07, 6.45) is 2.72. The van der Waals surface area contributed by atoms with Gasteiger partial charge in [0.1, 0.15) is 17.3 Å². The molecule has 2 aliphatic heterocycles. The van der Waals surface area contributed by atoms with E-state index in [1.165, 1.54) is 0 Å². The summed E-state index contributed by atoms with van der Waals surface area (Å²) in [5, 5.41) is 13.1. The van der Waals surface area contributed by atoms with Crippen molar-refractivity contribution in [2.24, 2.45) is 0 Å². The van der Waals surface area contributed by atoms with Crippen molar-refractivity contribution in [2.75, 3.05) is 17.8 Å². The molecule has 3 rings (SSSR count). The number of thioether (sulfide) groups is 1. The van der Waals surface area contributed by atoms with Gasteiger partial charge in [-0.1, -0.05) is 0 Å². The predicted molar refractivity (Wildman–Crippen MR) is 72.3 cm³/mol. The first-order valence-electron chi connectivity index (χ1n) is 6.21. The molecule has 0 saturated carbocycles. The molecular weight excluding hydrogens is 248 g/mol. The molecule has 0 radical (unpaired) electrons. The highest BCUT2D eigenvalue weighted by atomic mass is 32.2. The second-order valence-corrected chi connectivity index (χ2v) is 6.22. The Balaban J connectivity index is 1.93. The molecule has 0 unspecified atom stereocenters.